The summed E-state index contributed by atoms with van der Waals surface area (Å²) in [5, 5.41) is 19.3. The molecule has 0 unspecified atom stereocenters. The highest BCUT2D eigenvalue weighted by atomic mass is 35.5. The topological polar surface area (TPSA) is 122 Å². The smallest absolute Gasteiger partial charge is 0.263 e. The molecule has 10 heteroatoms. The number of phenolic OH excluding ortho intramolecular Hbond substituents is 1. The van der Waals surface area contributed by atoms with E-state index in [2.05, 4.69) is 14.7 Å². The molecule has 0 aliphatic heterocycles. The average molecular weight is 450 g/mol. The third-order valence-electron chi connectivity index (χ3n) is 4.25. The molecule has 0 amide bonds. The van der Waals surface area contributed by atoms with Crippen molar-refractivity contribution in [3.63, 3.8) is 0 Å². The lowest BCUT2D eigenvalue weighted by molar-refractivity contribution is 0.195. The van der Waals surface area contributed by atoms with Gasteiger partial charge in [0.15, 0.2) is 5.82 Å². The third-order valence-corrected chi connectivity index (χ3v) is 6.10. The van der Waals surface area contributed by atoms with E-state index in [0.717, 1.165) is 18.0 Å². The predicted octanol–water partition coefficient (Wildman–Crippen LogP) is 2.91. The second-order valence-electron chi connectivity index (χ2n) is 6.40. The van der Waals surface area contributed by atoms with Crippen molar-refractivity contribution in [2.24, 2.45) is 0 Å². The summed E-state index contributed by atoms with van der Waals surface area (Å²) in [5.74, 6) is -0.0307. The van der Waals surface area contributed by atoms with Crippen LogP contribution in [0.1, 0.15) is 16.7 Å². The summed E-state index contributed by atoms with van der Waals surface area (Å²) in [6.07, 6.45) is 1.36. The SMILES string of the molecule is Cc1ccc(O)cc1S(=O)(=O)Nc1ncnc(OCCO)c1Cc1ccccc1Cl. The molecule has 3 aromatic rings. The van der Waals surface area contributed by atoms with Crippen LogP contribution in [-0.2, 0) is 16.4 Å². The maximum Gasteiger partial charge on any atom is 0.263 e. The van der Waals surface area contributed by atoms with Gasteiger partial charge in [0.1, 0.15) is 18.7 Å². The second kappa shape index (κ2) is 9.29. The maximum atomic E-state index is 13.0. The quantitative estimate of drug-likeness (QED) is 0.483. The standard InChI is InChI=1S/C20H20ClN3O5S/c1-13-6-7-15(26)11-18(13)30(27,28)24-19-16(10-14-4-2-3-5-17(14)21)20(23-12-22-19)29-9-8-25/h2-7,11-12,25-26H,8-10H2,1H3,(H,22,23,24). The van der Waals surface area contributed by atoms with Gasteiger partial charge in [-0.15, -0.1) is 0 Å². The van der Waals surface area contributed by atoms with E-state index in [1.165, 1.54) is 12.1 Å². The van der Waals surface area contributed by atoms with Crippen molar-refractivity contribution in [1.82, 2.24) is 9.97 Å². The molecule has 0 saturated carbocycles. The van der Waals surface area contributed by atoms with Crippen LogP contribution >= 0.6 is 11.6 Å². The van der Waals surface area contributed by atoms with Crippen molar-refractivity contribution in [1.29, 1.82) is 0 Å². The summed E-state index contributed by atoms with van der Waals surface area (Å²) in [4.78, 5) is 8.08. The van der Waals surface area contributed by atoms with Crippen molar-refractivity contribution in [2.45, 2.75) is 18.2 Å². The fourth-order valence-electron chi connectivity index (χ4n) is 2.80. The number of phenols is 1. The number of sulfonamides is 1. The van der Waals surface area contributed by atoms with E-state index in [1.807, 2.05) is 0 Å². The van der Waals surface area contributed by atoms with E-state index < -0.39 is 10.0 Å². The first-order valence-electron chi connectivity index (χ1n) is 8.95. The Morgan fingerprint density at radius 1 is 1.17 bits per heavy atom. The van der Waals surface area contributed by atoms with Crippen LogP contribution < -0.4 is 9.46 Å². The molecule has 158 valence electrons. The Balaban J connectivity index is 2.05. The van der Waals surface area contributed by atoms with Gasteiger partial charge in [-0.3, -0.25) is 4.72 Å². The lowest BCUT2D eigenvalue weighted by Gasteiger charge is -2.16. The number of aryl methyl sites for hydroxylation is 1. The fraction of sp³-hybridized carbons (Fsp3) is 0.200. The Hall–Kier alpha value is -2.88. The summed E-state index contributed by atoms with van der Waals surface area (Å²) in [6.45, 7) is 1.36. The minimum absolute atomic E-state index is 0.0144. The van der Waals surface area contributed by atoms with E-state index in [4.69, 9.17) is 21.4 Å². The molecule has 0 atom stereocenters. The Morgan fingerprint density at radius 2 is 1.93 bits per heavy atom. The Kier molecular flexibility index (Phi) is 6.76. The molecule has 0 fully saturated rings. The maximum absolute atomic E-state index is 13.0. The highest BCUT2D eigenvalue weighted by Gasteiger charge is 2.23. The number of benzene rings is 2. The number of rotatable bonds is 8. The molecule has 0 aliphatic rings. The van der Waals surface area contributed by atoms with Crippen molar-refractivity contribution >= 4 is 27.4 Å². The molecule has 0 bridgehead atoms. The minimum atomic E-state index is -4.07. The van der Waals surface area contributed by atoms with Gasteiger partial charge in [-0.05, 0) is 30.2 Å². The molecule has 0 radical (unpaired) electrons. The van der Waals surface area contributed by atoms with Gasteiger partial charge >= 0.3 is 0 Å². The molecular weight excluding hydrogens is 430 g/mol. The highest BCUT2D eigenvalue weighted by molar-refractivity contribution is 7.92. The van der Waals surface area contributed by atoms with Crippen LogP contribution in [0, 0.1) is 6.92 Å². The first-order chi connectivity index (χ1) is 14.3. The molecule has 3 N–H and O–H groups in total. The zero-order chi connectivity index (χ0) is 21.7. The largest absolute Gasteiger partial charge is 0.508 e. The molecule has 1 aromatic heterocycles. The van der Waals surface area contributed by atoms with Gasteiger partial charge in [-0.25, -0.2) is 18.4 Å². The van der Waals surface area contributed by atoms with Crippen LogP contribution in [0.5, 0.6) is 11.6 Å². The normalized spacial score (nSPS) is 11.3. The Morgan fingerprint density at radius 3 is 2.67 bits per heavy atom. The van der Waals surface area contributed by atoms with Gasteiger partial charge in [0.05, 0.1) is 17.1 Å². The van der Waals surface area contributed by atoms with E-state index in [1.54, 1.807) is 31.2 Å². The van der Waals surface area contributed by atoms with Crippen molar-refractivity contribution in [3.8, 4) is 11.6 Å². The Labute approximate surface area is 179 Å². The van der Waals surface area contributed by atoms with Crippen molar-refractivity contribution in [3.05, 3.63) is 70.5 Å². The molecule has 0 saturated heterocycles. The van der Waals surface area contributed by atoms with Crippen LogP contribution in [-0.4, -0.2) is 41.8 Å². The number of nitrogens with zero attached hydrogens (tertiary/aromatic N) is 2. The average Bonchev–Trinajstić information content (AvgIpc) is 2.71. The molecular formula is C20H20ClN3O5S. The van der Waals surface area contributed by atoms with Crippen LogP contribution in [0.3, 0.4) is 0 Å². The Bertz CT molecular complexity index is 1150. The first-order valence-corrected chi connectivity index (χ1v) is 10.8. The van der Waals surface area contributed by atoms with Crippen molar-refractivity contribution in [2.75, 3.05) is 17.9 Å². The van der Waals surface area contributed by atoms with Crippen LogP contribution in [0.15, 0.2) is 53.7 Å². The van der Waals surface area contributed by atoms with Crippen LogP contribution in [0.2, 0.25) is 5.02 Å². The van der Waals surface area contributed by atoms with Crippen LogP contribution in [0.25, 0.3) is 0 Å². The molecule has 1 heterocycles. The minimum Gasteiger partial charge on any atom is -0.508 e. The van der Waals surface area contributed by atoms with E-state index in [0.29, 0.717) is 16.1 Å². The molecule has 0 aliphatic carbocycles. The number of aromatic hydroxyl groups is 1. The zero-order valence-corrected chi connectivity index (χ0v) is 17.6. The van der Waals surface area contributed by atoms with Gasteiger partial charge in [0.25, 0.3) is 10.0 Å². The number of aliphatic hydroxyl groups is 1. The predicted molar refractivity (Wildman–Crippen MR) is 113 cm³/mol. The number of hydrogen-bond donors (Lipinski definition) is 3. The van der Waals surface area contributed by atoms with E-state index in [9.17, 15) is 13.5 Å². The zero-order valence-electron chi connectivity index (χ0n) is 16.0. The summed E-state index contributed by atoms with van der Waals surface area (Å²) in [5.41, 5.74) is 1.54. The molecule has 8 nitrogen and oxygen atoms in total. The number of aliphatic hydroxyl groups excluding tert-OH is 1. The molecule has 2 aromatic carbocycles. The first kappa shape index (κ1) is 21.8. The van der Waals surface area contributed by atoms with Gasteiger partial charge in [-0.2, -0.15) is 0 Å². The van der Waals surface area contributed by atoms with Gasteiger partial charge in [0, 0.05) is 17.5 Å². The molecule has 0 spiro atoms. The summed E-state index contributed by atoms with van der Waals surface area (Å²) < 4.78 is 33.9. The summed E-state index contributed by atoms with van der Waals surface area (Å²) in [6, 6.07) is 11.2. The highest BCUT2D eigenvalue weighted by Crippen LogP contribution is 2.30. The third kappa shape index (κ3) is 4.99. The lowest BCUT2D eigenvalue weighted by atomic mass is 10.1. The monoisotopic (exact) mass is 449 g/mol. The van der Waals surface area contributed by atoms with Gasteiger partial charge in [0.2, 0.25) is 5.88 Å². The molecule has 3 rings (SSSR count). The number of nitrogens with one attached hydrogen (secondary N) is 1. The van der Waals surface area contributed by atoms with E-state index >= 15 is 0 Å². The summed E-state index contributed by atoms with van der Waals surface area (Å²) >= 11 is 6.26. The second-order valence-corrected chi connectivity index (χ2v) is 8.46. The number of hydrogen-bond acceptors (Lipinski definition) is 7. The van der Waals surface area contributed by atoms with Gasteiger partial charge < -0.3 is 14.9 Å². The van der Waals surface area contributed by atoms with Gasteiger partial charge in [-0.1, -0.05) is 35.9 Å². The number of ether oxygens (including phenoxy) is 1. The fourth-order valence-corrected chi connectivity index (χ4v) is 4.31. The number of halogens is 1. The van der Waals surface area contributed by atoms with Crippen LogP contribution in [0.4, 0.5) is 5.82 Å². The molecule has 30 heavy (non-hydrogen) atoms. The summed E-state index contributed by atoms with van der Waals surface area (Å²) in [7, 11) is -4.07. The number of anilines is 1. The van der Waals surface area contributed by atoms with Crippen molar-refractivity contribution < 1.29 is 23.4 Å². The lowest BCUT2D eigenvalue weighted by Crippen LogP contribution is -2.18. The number of aromatic nitrogens is 2. The van der Waals surface area contributed by atoms with E-state index in [-0.39, 0.29) is 42.0 Å².